The van der Waals surface area contributed by atoms with Crippen LogP contribution in [0.2, 0.25) is 5.02 Å². The molecule has 0 unspecified atom stereocenters. The average Bonchev–Trinajstić information content (AvgIpc) is 3.28. The predicted molar refractivity (Wildman–Crippen MR) is 127 cm³/mol. The van der Waals surface area contributed by atoms with E-state index in [2.05, 4.69) is 33.9 Å². The van der Waals surface area contributed by atoms with E-state index in [1.807, 2.05) is 30.0 Å². The Morgan fingerprint density at radius 1 is 1.09 bits per heavy atom. The average molecular weight is 469 g/mol. The molecule has 3 heterocycles. The Balaban J connectivity index is 1.24. The van der Waals surface area contributed by atoms with Crippen LogP contribution in [0.4, 0.5) is 5.82 Å². The Kier molecular flexibility index (Phi) is 7.23. The summed E-state index contributed by atoms with van der Waals surface area (Å²) in [4.78, 5) is 30.5. The Morgan fingerprint density at radius 2 is 1.82 bits per heavy atom. The van der Waals surface area contributed by atoms with Crippen LogP contribution in [0, 0.1) is 6.92 Å². The number of aromatic nitrogens is 4. The van der Waals surface area contributed by atoms with Crippen molar-refractivity contribution in [2.45, 2.75) is 46.0 Å². The molecule has 1 fully saturated rings. The summed E-state index contributed by atoms with van der Waals surface area (Å²) in [5.41, 5.74) is 1.82. The number of aryl methyl sites for hydroxylation is 2. The number of hydrogen-bond donors (Lipinski definition) is 0. The van der Waals surface area contributed by atoms with E-state index in [4.69, 9.17) is 21.1 Å². The van der Waals surface area contributed by atoms with Crippen LogP contribution in [0.3, 0.4) is 0 Å². The van der Waals surface area contributed by atoms with Gasteiger partial charge in [-0.1, -0.05) is 30.6 Å². The van der Waals surface area contributed by atoms with Gasteiger partial charge in [-0.25, -0.2) is 9.97 Å². The summed E-state index contributed by atoms with van der Waals surface area (Å²) in [5, 5.41) is 4.68. The summed E-state index contributed by atoms with van der Waals surface area (Å²) < 4.78 is 5.34. The molecule has 2 aromatic heterocycles. The maximum absolute atomic E-state index is 12.7. The fourth-order valence-electron chi connectivity index (χ4n) is 3.80. The standard InChI is InChI=1S/C24H29ClN6O2/c1-16(2)23-26-17(3)15-20(27-23)30-11-13-31(14-12-30)22(32)6-4-5-21-28-24(29-33-21)18-7-9-19(25)10-8-18/h7-10,15-16H,4-6,11-14H2,1-3H3. The molecule has 1 saturated heterocycles. The van der Waals surface area contributed by atoms with E-state index >= 15 is 0 Å². The normalized spacial score (nSPS) is 14.2. The molecule has 0 N–H and O–H groups in total. The van der Waals surface area contributed by atoms with Gasteiger partial charge in [0, 0.05) is 67.3 Å². The molecule has 1 aromatic carbocycles. The van der Waals surface area contributed by atoms with Crippen LogP contribution >= 0.6 is 11.6 Å². The molecular formula is C24H29ClN6O2. The molecule has 3 aromatic rings. The number of carbonyl (C=O) groups is 1. The molecule has 0 saturated carbocycles. The second-order valence-electron chi connectivity index (χ2n) is 8.62. The molecule has 4 rings (SSSR count). The fourth-order valence-corrected chi connectivity index (χ4v) is 3.93. The minimum absolute atomic E-state index is 0.161. The monoisotopic (exact) mass is 468 g/mol. The van der Waals surface area contributed by atoms with Crippen molar-refractivity contribution in [2.75, 3.05) is 31.1 Å². The van der Waals surface area contributed by atoms with E-state index in [9.17, 15) is 4.79 Å². The molecule has 0 spiro atoms. The lowest BCUT2D eigenvalue weighted by molar-refractivity contribution is -0.131. The zero-order valence-electron chi connectivity index (χ0n) is 19.3. The van der Waals surface area contributed by atoms with Gasteiger partial charge < -0.3 is 14.3 Å². The van der Waals surface area contributed by atoms with Crippen molar-refractivity contribution in [3.63, 3.8) is 0 Å². The van der Waals surface area contributed by atoms with Gasteiger partial charge in [-0.05, 0) is 37.6 Å². The highest BCUT2D eigenvalue weighted by Gasteiger charge is 2.22. The Morgan fingerprint density at radius 3 is 2.52 bits per heavy atom. The summed E-state index contributed by atoms with van der Waals surface area (Å²) in [5.74, 6) is 3.33. The number of amides is 1. The third kappa shape index (κ3) is 5.87. The summed E-state index contributed by atoms with van der Waals surface area (Å²) >= 11 is 5.92. The number of carbonyl (C=O) groups excluding carboxylic acids is 1. The van der Waals surface area contributed by atoms with Gasteiger partial charge in [0.2, 0.25) is 17.6 Å². The number of halogens is 1. The lowest BCUT2D eigenvalue weighted by atomic mass is 10.2. The maximum atomic E-state index is 12.7. The third-order valence-corrected chi connectivity index (χ3v) is 5.93. The van der Waals surface area contributed by atoms with Crippen molar-refractivity contribution in [1.29, 1.82) is 0 Å². The van der Waals surface area contributed by atoms with E-state index in [1.165, 1.54) is 0 Å². The summed E-state index contributed by atoms with van der Waals surface area (Å²) in [6.07, 6.45) is 1.71. The molecule has 0 aliphatic carbocycles. The lowest BCUT2D eigenvalue weighted by Gasteiger charge is -2.35. The quantitative estimate of drug-likeness (QED) is 0.511. The van der Waals surface area contributed by atoms with E-state index in [-0.39, 0.29) is 11.8 Å². The van der Waals surface area contributed by atoms with Crippen LogP contribution in [-0.4, -0.2) is 57.1 Å². The first kappa shape index (κ1) is 23.2. The van der Waals surface area contributed by atoms with Gasteiger partial charge >= 0.3 is 0 Å². The van der Waals surface area contributed by atoms with E-state index in [0.29, 0.717) is 49.1 Å². The molecule has 0 radical (unpaired) electrons. The van der Waals surface area contributed by atoms with Gasteiger partial charge in [0.1, 0.15) is 11.6 Å². The Bertz CT molecular complexity index is 1090. The number of rotatable bonds is 7. The summed E-state index contributed by atoms with van der Waals surface area (Å²) in [7, 11) is 0. The molecule has 1 aliphatic rings. The Hall–Kier alpha value is -3.00. The SMILES string of the molecule is Cc1cc(N2CCN(C(=O)CCCc3nc(-c4ccc(Cl)cc4)no3)CC2)nc(C(C)C)n1. The number of piperazine rings is 1. The predicted octanol–water partition coefficient (Wildman–Crippen LogP) is 4.28. The topological polar surface area (TPSA) is 88.2 Å². The largest absolute Gasteiger partial charge is 0.353 e. The highest BCUT2D eigenvalue weighted by Crippen LogP contribution is 2.21. The Labute approximate surface area is 199 Å². The number of nitrogens with zero attached hydrogens (tertiary/aromatic N) is 6. The highest BCUT2D eigenvalue weighted by atomic mass is 35.5. The molecule has 33 heavy (non-hydrogen) atoms. The first-order chi connectivity index (χ1) is 15.9. The van der Waals surface area contributed by atoms with Gasteiger partial charge in [0.15, 0.2) is 0 Å². The van der Waals surface area contributed by atoms with Crippen molar-refractivity contribution in [3.05, 3.63) is 52.8 Å². The van der Waals surface area contributed by atoms with Crippen molar-refractivity contribution >= 4 is 23.3 Å². The maximum Gasteiger partial charge on any atom is 0.226 e. The van der Waals surface area contributed by atoms with Crippen molar-refractivity contribution in [2.24, 2.45) is 0 Å². The zero-order valence-corrected chi connectivity index (χ0v) is 20.0. The first-order valence-corrected chi connectivity index (χ1v) is 11.7. The molecular weight excluding hydrogens is 440 g/mol. The molecule has 1 aliphatic heterocycles. The molecule has 174 valence electrons. The lowest BCUT2D eigenvalue weighted by Crippen LogP contribution is -2.49. The van der Waals surface area contributed by atoms with Gasteiger partial charge in [-0.3, -0.25) is 4.79 Å². The second-order valence-corrected chi connectivity index (χ2v) is 9.06. The number of benzene rings is 1. The number of anilines is 1. The molecule has 0 atom stereocenters. The van der Waals surface area contributed by atoms with Crippen LogP contribution in [0.5, 0.6) is 0 Å². The summed E-state index contributed by atoms with van der Waals surface area (Å²) in [6.45, 7) is 9.13. The van der Waals surface area contributed by atoms with E-state index < -0.39 is 0 Å². The minimum atomic E-state index is 0.161. The molecule has 8 nitrogen and oxygen atoms in total. The van der Waals surface area contributed by atoms with Crippen LogP contribution < -0.4 is 4.90 Å². The van der Waals surface area contributed by atoms with E-state index in [0.717, 1.165) is 36.0 Å². The van der Waals surface area contributed by atoms with Crippen molar-refractivity contribution in [1.82, 2.24) is 25.0 Å². The fraction of sp³-hybridized carbons (Fsp3) is 0.458. The number of hydrogen-bond acceptors (Lipinski definition) is 7. The van der Waals surface area contributed by atoms with Crippen LogP contribution in [0.15, 0.2) is 34.9 Å². The van der Waals surface area contributed by atoms with Crippen molar-refractivity contribution in [3.8, 4) is 11.4 Å². The highest BCUT2D eigenvalue weighted by molar-refractivity contribution is 6.30. The van der Waals surface area contributed by atoms with Crippen LogP contribution in [-0.2, 0) is 11.2 Å². The summed E-state index contributed by atoms with van der Waals surface area (Å²) in [6, 6.07) is 9.31. The second kappa shape index (κ2) is 10.3. The van der Waals surface area contributed by atoms with Gasteiger partial charge in [0.05, 0.1) is 0 Å². The van der Waals surface area contributed by atoms with E-state index in [1.54, 1.807) is 12.1 Å². The molecule has 0 bridgehead atoms. The van der Waals surface area contributed by atoms with Gasteiger partial charge in [-0.2, -0.15) is 4.98 Å². The van der Waals surface area contributed by atoms with Crippen molar-refractivity contribution < 1.29 is 9.32 Å². The minimum Gasteiger partial charge on any atom is -0.353 e. The molecule has 9 heteroatoms. The first-order valence-electron chi connectivity index (χ1n) is 11.4. The van der Waals surface area contributed by atoms with Crippen LogP contribution in [0.25, 0.3) is 11.4 Å². The third-order valence-electron chi connectivity index (χ3n) is 5.68. The smallest absolute Gasteiger partial charge is 0.226 e. The molecule has 1 amide bonds. The van der Waals surface area contributed by atoms with Crippen LogP contribution in [0.1, 0.15) is 50.0 Å². The van der Waals surface area contributed by atoms with Gasteiger partial charge in [0.25, 0.3) is 0 Å². The zero-order chi connectivity index (χ0) is 23.4. The van der Waals surface area contributed by atoms with Gasteiger partial charge in [-0.15, -0.1) is 0 Å².